The molecule has 1 aromatic carbocycles. The molecule has 0 spiro atoms. The molecule has 0 N–H and O–H groups in total. The van der Waals surface area contributed by atoms with Crippen LogP contribution in [-0.4, -0.2) is 9.97 Å². The average molecular weight is 316 g/mol. The zero-order chi connectivity index (χ0) is 11.3. The first kappa shape index (κ1) is 10.5. The molecule has 2 nitrogen and oxygen atoms in total. The average Bonchev–Trinajstić information content (AvgIpc) is 2.57. The van der Waals surface area contributed by atoms with Gasteiger partial charge in [-0.25, -0.2) is 9.97 Å². The van der Waals surface area contributed by atoms with Crippen molar-refractivity contribution in [1.82, 2.24) is 9.97 Å². The van der Waals surface area contributed by atoms with Gasteiger partial charge < -0.3 is 0 Å². The SMILES string of the molecule is Clc1nc(Cl)c2c(n1)-c1cc(Br)ccc1C2. The Morgan fingerprint density at radius 3 is 2.81 bits per heavy atom. The van der Waals surface area contributed by atoms with Crippen molar-refractivity contribution in [3.63, 3.8) is 0 Å². The minimum atomic E-state index is 0.191. The van der Waals surface area contributed by atoms with E-state index in [9.17, 15) is 0 Å². The number of fused-ring (bicyclic) bond motifs is 3. The Hall–Kier alpha value is -0.640. The van der Waals surface area contributed by atoms with Gasteiger partial charge in [0.25, 0.3) is 0 Å². The van der Waals surface area contributed by atoms with Crippen LogP contribution in [0.25, 0.3) is 11.3 Å². The maximum absolute atomic E-state index is 6.06. The second-order valence-electron chi connectivity index (χ2n) is 3.59. The van der Waals surface area contributed by atoms with Crippen LogP contribution < -0.4 is 0 Å². The van der Waals surface area contributed by atoms with E-state index in [-0.39, 0.29) is 5.28 Å². The minimum Gasteiger partial charge on any atom is -0.217 e. The second kappa shape index (κ2) is 3.69. The van der Waals surface area contributed by atoms with Crippen LogP contribution in [0.4, 0.5) is 0 Å². The molecule has 1 aromatic heterocycles. The fraction of sp³-hybridized carbons (Fsp3) is 0.0909. The topological polar surface area (TPSA) is 25.8 Å². The van der Waals surface area contributed by atoms with Crippen LogP contribution in [0.1, 0.15) is 11.1 Å². The maximum Gasteiger partial charge on any atom is 0.224 e. The Labute approximate surface area is 111 Å². The summed E-state index contributed by atoms with van der Waals surface area (Å²) in [5.41, 5.74) is 4.09. The molecule has 0 saturated heterocycles. The number of aromatic nitrogens is 2. The van der Waals surface area contributed by atoms with Crippen molar-refractivity contribution in [2.45, 2.75) is 6.42 Å². The van der Waals surface area contributed by atoms with Crippen LogP contribution >= 0.6 is 39.1 Å². The Kier molecular flexibility index (Phi) is 2.42. The Bertz CT molecular complexity index is 599. The molecule has 0 saturated carbocycles. The van der Waals surface area contributed by atoms with Gasteiger partial charge in [-0.2, -0.15) is 0 Å². The third-order valence-electron chi connectivity index (χ3n) is 2.62. The summed E-state index contributed by atoms with van der Waals surface area (Å²) in [6.45, 7) is 0. The molecule has 1 aliphatic rings. The van der Waals surface area contributed by atoms with Crippen LogP contribution in [0.15, 0.2) is 22.7 Å². The zero-order valence-corrected chi connectivity index (χ0v) is 11.1. The van der Waals surface area contributed by atoms with E-state index in [1.165, 1.54) is 5.56 Å². The molecule has 80 valence electrons. The van der Waals surface area contributed by atoms with E-state index in [0.29, 0.717) is 5.15 Å². The summed E-state index contributed by atoms with van der Waals surface area (Å²) in [5, 5.41) is 0.638. The van der Waals surface area contributed by atoms with Crippen molar-refractivity contribution in [2.24, 2.45) is 0 Å². The first-order valence-electron chi connectivity index (χ1n) is 4.66. The van der Waals surface area contributed by atoms with Gasteiger partial charge in [-0.05, 0) is 29.3 Å². The van der Waals surface area contributed by atoms with Crippen molar-refractivity contribution in [3.8, 4) is 11.3 Å². The smallest absolute Gasteiger partial charge is 0.217 e. The highest BCUT2D eigenvalue weighted by Crippen LogP contribution is 2.39. The molecule has 0 aliphatic heterocycles. The highest BCUT2D eigenvalue weighted by molar-refractivity contribution is 9.10. The highest BCUT2D eigenvalue weighted by atomic mass is 79.9. The van der Waals surface area contributed by atoms with Crippen molar-refractivity contribution in [2.75, 3.05) is 0 Å². The first-order valence-corrected chi connectivity index (χ1v) is 6.21. The molecular weight excluding hydrogens is 311 g/mol. The predicted molar refractivity (Wildman–Crippen MR) is 68.0 cm³/mol. The monoisotopic (exact) mass is 314 g/mol. The van der Waals surface area contributed by atoms with Crippen LogP contribution in [0.3, 0.4) is 0 Å². The number of benzene rings is 1. The molecule has 0 amide bonds. The summed E-state index contributed by atoms with van der Waals surface area (Å²) in [7, 11) is 0. The largest absolute Gasteiger partial charge is 0.224 e. The van der Waals surface area contributed by atoms with Crippen LogP contribution in [0, 0.1) is 0 Å². The lowest BCUT2D eigenvalue weighted by molar-refractivity contribution is 1.12. The summed E-state index contributed by atoms with van der Waals surface area (Å²) in [6, 6.07) is 6.10. The van der Waals surface area contributed by atoms with Gasteiger partial charge in [0.2, 0.25) is 5.28 Å². The van der Waals surface area contributed by atoms with Gasteiger partial charge in [-0.1, -0.05) is 33.6 Å². The van der Waals surface area contributed by atoms with E-state index in [1.807, 2.05) is 12.1 Å². The lowest BCUT2D eigenvalue weighted by atomic mass is 10.1. The van der Waals surface area contributed by atoms with E-state index >= 15 is 0 Å². The number of hydrogen-bond acceptors (Lipinski definition) is 2. The molecule has 1 heterocycles. The van der Waals surface area contributed by atoms with Crippen molar-refractivity contribution in [3.05, 3.63) is 44.2 Å². The molecule has 16 heavy (non-hydrogen) atoms. The van der Waals surface area contributed by atoms with Crippen molar-refractivity contribution < 1.29 is 0 Å². The zero-order valence-electron chi connectivity index (χ0n) is 7.97. The molecule has 2 aromatic rings. The molecule has 5 heteroatoms. The lowest BCUT2D eigenvalue weighted by Crippen LogP contribution is -1.91. The van der Waals surface area contributed by atoms with E-state index in [0.717, 1.165) is 27.7 Å². The molecule has 0 atom stereocenters. The summed E-state index contributed by atoms with van der Waals surface area (Å²) in [4.78, 5) is 8.20. The highest BCUT2D eigenvalue weighted by Gasteiger charge is 2.23. The number of rotatable bonds is 0. The van der Waals surface area contributed by atoms with E-state index in [2.05, 4.69) is 32.0 Å². The molecular formula is C11H5BrCl2N2. The third kappa shape index (κ3) is 1.54. The van der Waals surface area contributed by atoms with Gasteiger partial charge >= 0.3 is 0 Å². The van der Waals surface area contributed by atoms with Crippen molar-refractivity contribution in [1.29, 1.82) is 0 Å². The third-order valence-corrected chi connectivity index (χ3v) is 3.60. The van der Waals surface area contributed by atoms with Crippen LogP contribution in [0.2, 0.25) is 10.4 Å². The van der Waals surface area contributed by atoms with Crippen LogP contribution in [0.5, 0.6) is 0 Å². The van der Waals surface area contributed by atoms with E-state index in [4.69, 9.17) is 23.2 Å². The van der Waals surface area contributed by atoms with Gasteiger partial charge in [-0.15, -0.1) is 0 Å². The van der Waals surface area contributed by atoms with Gasteiger partial charge in [0, 0.05) is 22.0 Å². The van der Waals surface area contributed by atoms with Crippen molar-refractivity contribution >= 4 is 39.1 Å². The maximum atomic E-state index is 6.06. The van der Waals surface area contributed by atoms with Gasteiger partial charge in [-0.3, -0.25) is 0 Å². The Balaban J connectivity index is 2.31. The molecule has 1 aliphatic carbocycles. The Morgan fingerprint density at radius 1 is 1.19 bits per heavy atom. The number of halogens is 3. The first-order chi connectivity index (χ1) is 7.65. The molecule has 0 fully saturated rings. The quantitative estimate of drug-likeness (QED) is 0.461. The molecule has 3 rings (SSSR count). The normalized spacial score (nSPS) is 12.4. The van der Waals surface area contributed by atoms with Gasteiger partial charge in [0.1, 0.15) is 5.15 Å². The fourth-order valence-electron chi connectivity index (χ4n) is 1.92. The molecule has 0 bridgehead atoms. The van der Waals surface area contributed by atoms with Crippen LogP contribution in [-0.2, 0) is 6.42 Å². The summed E-state index contributed by atoms with van der Waals surface area (Å²) in [5.74, 6) is 0. The Morgan fingerprint density at radius 2 is 2.00 bits per heavy atom. The van der Waals surface area contributed by atoms with E-state index in [1.54, 1.807) is 0 Å². The number of hydrogen-bond donors (Lipinski definition) is 0. The fourth-order valence-corrected chi connectivity index (χ4v) is 2.73. The standard InChI is InChI=1S/C11H5BrCl2N2/c12-6-2-1-5-3-8-9(7(5)4-6)15-11(14)16-10(8)13/h1-2,4H,3H2. The number of nitrogens with zero attached hydrogens (tertiary/aromatic N) is 2. The lowest BCUT2D eigenvalue weighted by Gasteiger charge is -2.01. The minimum absolute atomic E-state index is 0.191. The predicted octanol–water partition coefficient (Wildman–Crippen LogP) is 4.12. The van der Waals surface area contributed by atoms with Gasteiger partial charge in [0.15, 0.2) is 0 Å². The molecule has 0 radical (unpaired) electrons. The summed E-state index contributed by atoms with van der Waals surface area (Å²) >= 11 is 15.3. The second-order valence-corrected chi connectivity index (χ2v) is 5.20. The summed E-state index contributed by atoms with van der Waals surface area (Å²) in [6.07, 6.45) is 0.772. The summed E-state index contributed by atoms with van der Waals surface area (Å²) < 4.78 is 1.02. The van der Waals surface area contributed by atoms with Gasteiger partial charge in [0.05, 0.1) is 5.69 Å². The van der Waals surface area contributed by atoms with E-state index < -0.39 is 0 Å². The molecule has 0 unspecified atom stereocenters.